The van der Waals surface area contributed by atoms with E-state index < -0.39 is 0 Å². The van der Waals surface area contributed by atoms with Crippen LogP contribution in [0.4, 0.5) is 0 Å². The summed E-state index contributed by atoms with van der Waals surface area (Å²) in [6.07, 6.45) is 9.90. The summed E-state index contributed by atoms with van der Waals surface area (Å²) in [5, 5.41) is 2.15. The van der Waals surface area contributed by atoms with Gasteiger partial charge in [-0.3, -0.25) is 0 Å². The Bertz CT molecular complexity index is 819. The number of nitrogens with zero attached hydrogens (tertiary/aromatic N) is 1. The van der Waals surface area contributed by atoms with Crippen LogP contribution in [0.15, 0.2) is 35.7 Å². The maximum Gasteiger partial charge on any atom is 0.130 e. The van der Waals surface area contributed by atoms with Crippen LogP contribution >= 0.6 is 11.3 Å². The molecular formula is C19H20N2S. The molecule has 1 N–H and O–H groups in total. The van der Waals surface area contributed by atoms with Crippen LogP contribution in [0, 0.1) is 12.8 Å². The lowest BCUT2D eigenvalue weighted by Crippen LogP contribution is -1.85. The van der Waals surface area contributed by atoms with E-state index in [0.717, 1.165) is 22.8 Å². The first-order chi connectivity index (χ1) is 10.8. The summed E-state index contributed by atoms with van der Waals surface area (Å²) >= 11 is 1.80. The fourth-order valence-electron chi connectivity index (χ4n) is 3.30. The quantitative estimate of drug-likeness (QED) is 0.650. The molecule has 112 valence electrons. The van der Waals surface area contributed by atoms with E-state index in [0.29, 0.717) is 0 Å². The summed E-state index contributed by atoms with van der Waals surface area (Å²) < 4.78 is 0. The summed E-state index contributed by atoms with van der Waals surface area (Å²) in [6, 6.07) is 8.68. The molecule has 0 unspecified atom stereocenters. The lowest BCUT2D eigenvalue weighted by molar-refractivity contribution is 0.689. The Kier molecular flexibility index (Phi) is 3.59. The van der Waals surface area contributed by atoms with E-state index in [-0.39, 0.29) is 0 Å². The molecular weight excluding hydrogens is 288 g/mol. The molecule has 1 saturated carbocycles. The number of rotatable bonds is 3. The van der Waals surface area contributed by atoms with E-state index in [1.54, 1.807) is 11.3 Å². The van der Waals surface area contributed by atoms with Gasteiger partial charge in [0.1, 0.15) is 5.82 Å². The third-order valence-electron chi connectivity index (χ3n) is 4.55. The van der Waals surface area contributed by atoms with Gasteiger partial charge in [0.25, 0.3) is 0 Å². The standard InChI is InChI=1S/C19H20N2S/c1-13-10-11-22-19(13)15-7-8-16-17(12-15)21-18(20-16)9-6-14-4-2-3-5-14/h6-12,14H,2-5H2,1H3,(H,20,21). The predicted octanol–water partition coefficient (Wildman–Crippen LogP) is 5.80. The van der Waals surface area contributed by atoms with E-state index in [1.807, 2.05) is 0 Å². The minimum Gasteiger partial charge on any atom is -0.338 e. The van der Waals surface area contributed by atoms with Gasteiger partial charge in [-0.2, -0.15) is 0 Å². The average molecular weight is 308 g/mol. The van der Waals surface area contributed by atoms with Crippen LogP contribution in [0.1, 0.15) is 37.1 Å². The Hall–Kier alpha value is -1.87. The van der Waals surface area contributed by atoms with Crippen molar-refractivity contribution in [2.75, 3.05) is 0 Å². The van der Waals surface area contributed by atoms with Crippen LogP contribution in [0.25, 0.3) is 27.6 Å². The molecule has 22 heavy (non-hydrogen) atoms. The van der Waals surface area contributed by atoms with Crippen LogP contribution in [-0.2, 0) is 0 Å². The molecule has 0 aliphatic heterocycles. The van der Waals surface area contributed by atoms with Gasteiger partial charge in [-0.05, 0) is 66.5 Å². The van der Waals surface area contributed by atoms with Crippen molar-refractivity contribution < 1.29 is 0 Å². The van der Waals surface area contributed by atoms with Gasteiger partial charge in [0.15, 0.2) is 0 Å². The highest BCUT2D eigenvalue weighted by molar-refractivity contribution is 7.13. The minimum absolute atomic E-state index is 0.748. The number of allylic oxidation sites excluding steroid dienone is 1. The van der Waals surface area contributed by atoms with Crippen LogP contribution in [0.3, 0.4) is 0 Å². The lowest BCUT2D eigenvalue weighted by Gasteiger charge is -1.99. The Morgan fingerprint density at radius 3 is 2.86 bits per heavy atom. The smallest absolute Gasteiger partial charge is 0.130 e. The van der Waals surface area contributed by atoms with E-state index >= 15 is 0 Å². The van der Waals surface area contributed by atoms with Gasteiger partial charge >= 0.3 is 0 Å². The second-order valence-electron chi connectivity index (χ2n) is 6.19. The van der Waals surface area contributed by atoms with E-state index in [9.17, 15) is 0 Å². The second-order valence-corrected chi connectivity index (χ2v) is 7.11. The molecule has 2 aromatic heterocycles. The molecule has 0 spiro atoms. The molecule has 0 saturated heterocycles. The molecule has 3 heteroatoms. The molecule has 1 fully saturated rings. The van der Waals surface area contributed by atoms with E-state index in [4.69, 9.17) is 0 Å². The first-order valence-electron chi connectivity index (χ1n) is 8.02. The molecule has 0 amide bonds. The number of fused-ring (bicyclic) bond motifs is 1. The number of aromatic amines is 1. The number of H-pyrrole nitrogens is 1. The van der Waals surface area contributed by atoms with Crippen LogP contribution in [0.2, 0.25) is 0 Å². The van der Waals surface area contributed by atoms with Gasteiger partial charge in [-0.1, -0.05) is 25.0 Å². The number of thiophene rings is 1. The van der Waals surface area contributed by atoms with E-state index in [2.05, 4.69) is 58.7 Å². The third kappa shape index (κ3) is 2.61. The number of nitrogens with one attached hydrogen (secondary N) is 1. The van der Waals surface area contributed by atoms with Gasteiger partial charge in [-0.25, -0.2) is 4.98 Å². The summed E-state index contributed by atoms with van der Waals surface area (Å²) in [7, 11) is 0. The molecule has 1 aliphatic carbocycles. The second kappa shape index (κ2) is 5.73. The van der Waals surface area contributed by atoms with Gasteiger partial charge < -0.3 is 4.98 Å². The van der Waals surface area contributed by atoms with Gasteiger partial charge in [0, 0.05) is 4.88 Å². The monoisotopic (exact) mass is 308 g/mol. The number of hydrogen-bond donors (Lipinski definition) is 1. The van der Waals surface area contributed by atoms with Crippen LogP contribution in [0.5, 0.6) is 0 Å². The van der Waals surface area contributed by atoms with Crippen LogP contribution in [-0.4, -0.2) is 9.97 Å². The Balaban J connectivity index is 1.64. The predicted molar refractivity (Wildman–Crippen MR) is 95.1 cm³/mol. The summed E-state index contributed by atoms with van der Waals surface area (Å²) in [5.41, 5.74) is 4.78. The normalized spacial score (nSPS) is 16.2. The number of hydrogen-bond acceptors (Lipinski definition) is 2. The number of imidazole rings is 1. The number of aryl methyl sites for hydroxylation is 1. The highest BCUT2D eigenvalue weighted by Gasteiger charge is 2.12. The Morgan fingerprint density at radius 2 is 2.09 bits per heavy atom. The van der Waals surface area contributed by atoms with Gasteiger partial charge in [0.05, 0.1) is 11.0 Å². The maximum atomic E-state index is 4.68. The molecule has 1 aliphatic rings. The van der Waals surface area contributed by atoms with Crippen molar-refractivity contribution in [3.63, 3.8) is 0 Å². The largest absolute Gasteiger partial charge is 0.338 e. The fourth-order valence-corrected chi connectivity index (χ4v) is 4.22. The van der Waals surface area contributed by atoms with Crippen LogP contribution < -0.4 is 0 Å². The first kappa shape index (κ1) is 13.8. The highest BCUT2D eigenvalue weighted by Crippen LogP contribution is 2.31. The summed E-state index contributed by atoms with van der Waals surface area (Å²) in [5.74, 6) is 1.72. The van der Waals surface area contributed by atoms with Crippen molar-refractivity contribution in [1.82, 2.24) is 9.97 Å². The van der Waals surface area contributed by atoms with E-state index in [1.165, 1.54) is 41.7 Å². The van der Waals surface area contributed by atoms with Gasteiger partial charge in [0.2, 0.25) is 0 Å². The van der Waals surface area contributed by atoms with Crippen molar-refractivity contribution in [1.29, 1.82) is 0 Å². The van der Waals surface area contributed by atoms with Crippen molar-refractivity contribution in [3.8, 4) is 10.4 Å². The zero-order valence-electron chi connectivity index (χ0n) is 12.8. The molecule has 2 nitrogen and oxygen atoms in total. The maximum absolute atomic E-state index is 4.68. The van der Waals surface area contributed by atoms with Gasteiger partial charge in [-0.15, -0.1) is 11.3 Å². The zero-order chi connectivity index (χ0) is 14.9. The van der Waals surface area contributed by atoms with Crippen molar-refractivity contribution >= 4 is 28.4 Å². The number of aromatic nitrogens is 2. The Labute approximate surface area is 134 Å². The molecule has 3 aromatic rings. The first-order valence-corrected chi connectivity index (χ1v) is 8.90. The molecule has 0 radical (unpaired) electrons. The molecule has 1 aromatic carbocycles. The van der Waals surface area contributed by atoms with Crippen molar-refractivity contribution in [2.24, 2.45) is 5.92 Å². The summed E-state index contributed by atoms with van der Waals surface area (Å²) in [6.45, 7) is 2.17. The zero-order valence-corrected chi connectivity index (χ0v) is 13.6. The summed E-state index contributed by atoms with van der Waals surface area (Å²) in [4.78, 5) is 9.47. The Morgan fingerprint density at radius 1 is 1.23 bits per heavy atom. The molecule has 2 heterocycles. The van der Waals surface area contributed by atoms with Crippen molar-refractivity contribution in [2.45, 2.75) is 32.6 Å². The SMILES string of the molecule is Cc1ccsc1-c1ccc2nc(C=CC3CCCC3)[nH]c2c1. The molecule has 4 rings (SSSR count). The fraction of sp³-hybridized carbons (Fsp3) is 0.316. The lowest BCUT2D eigenvalue weighted by atomic mass is 10.1. The molecule has 0 bridgehead atoms. The van der Waals surface area contributed by atoms with Crippen molar-refractivity contribution in [3.05, 3.63) is 47.1 Å². The average Bonchev–Trinajstić information content (AvgIpc) is 3.24. The number of benzene rings is 1. The highest BCUT2D eigenvalue weighted by atomic mass is 32.1. The topological polar surface area (TPSA) is 28.7 Å². The minimum atomic E-state index is 0.748. The molecule has 0 atom stereocenters. The third-order valence-corrected chi connectivity index (χ3v) is 5.62.